The predicted octanol–water partition coefficient (Wildman–Crippen LogP) is 1.75. The molecule has 1 N–H and O–H groups in total. The lowest BCUT2D eigenvalue weighted by Gasteiger charge is -2.36. The molecule has 0 spiro atoms. The van der Waals surface area contributed by atoms with E-state index in [0.29, 0.717) is 31.9 Å². The summed E-state index contributed by atoms with van der Waals surface area (Å²) in [6.07, 6.45) is 1.39. The maximum Gasteiger partial charge on any atom is 0.220 e. The van der Waals surface area contributed by atoms with Crippen molar-refractivity contribution in [2.24, 2.45) is 10.4 Å². The molecule has 0 bridgehead atoms. The molecule has 0 unspecified atom stereocenters. The standard InChI is InChI=1S/C16H29N5O3S.HI/c1-5-17-15(18-13-16(2,3)4)20-7-9-21(10-8-20)25(22,23)12-14-6-11-24-19-14;/h6,11H,5,7-10,12-13H2,1-4H3,(H,17,18);1H. The van der Waals surface area contributed by atoms with Gasteiger partial charge in [0.1, 0.15) is 12.0 Å². The molecule has 2 rings (SSSR count). The molecular formula is C16H30IN5O3S. The highest BCUT2D eigenvalue weighted by atomic mass is 127. The molecule has 1 fully saturated rings. The summed E-state index contributed by atoms with van der Waals surface area (Å²) in [4.78, 5) is 6.82. The molecule has 26 heavy (non-hydrogen) atoms. The van der Waals surface area contributed by atoms with E-state index in [2.05, 4.69) is 36.1 Å². The van der Waals surface area contributed by atoms with Crippen molar-refractivity contribution >= 4 is 40.0 Å². The number of hydrogen-bond donors (Lipinski definition) is 1. The van der Waals surface area contributed by atoms with E-state index in [0.717, 1.165) is 19.0 Å². The van der Waals surface area contributed by atoms with Crippen LogP contribution in [-0.4, -0.2) is 68.0 Å². The van der Waals surface area contributed by atoms with Crippen molar-refractivity contribution in [2.75, 3.05) is 39.3 Å². The van der Waals surface area contributed by atoms with Crippen LogP contribution in [0.4, 0.5) is 0 Å². The number of sulfonamides is 1. The first kappa shape index (κ1) is 23.2. The molecule has 1 aromatic rings. The summed E-state index contributed by atoms with van der Waals surface area (Å²) in [6, 6.07) is 1.58. The minimum atomic E-state index is -3.38. The predicted molar refractivity (Wildman–Crippen MR) is 113 cm³/mol. The molecule has 1 aromatic heterocycles. The third-order valence-electron chi connectivity index (χ3n) is 3.79. The Kier molecular flexibility index (Phi) is 8.80. The lowest BCUT2D eigenvalue weighted by atomic mass is 9.97. The second kappa shape index (κ2) is 9.88. The van der Waals surface area contributed by atoms with E-state index in [1.807, 2.05) is 6.92 Å². The average Bonchev–Trinajstić information content (AvgIpc) is 3.03. The van der Waals surface area contributed by atoms with Gasteiger partial charge in [0.25, 0.3) is 0 Å². The van der Waals surface area contributed by atoms with Crippen LogP contribution in [0.5, 0.6) is 0 Å². The Balaban J connectivity index is 0.00000338. The van der Waals surface area contributed by atoms with E-state index in [4.69, 9.17) is 9.52 Å². The molecule has 0 saturated carbocycles. The van der Waals surface area contributed by atoms with Crippen LogP contribution in [0.3, 0.4) is 0 Å². The van der Waals surface area contributed by atoms with Crippen molar-refractivity contribution in [1.82, 2.24) is 19.7 Å². The molecule has 1 aliphatic rings. The Hall–Kier alpha value is -0.880. The van der Waals surface area contributed by atoms with E-state index in [9.17, 15) is 8.42 Å². The van der Waals surface area contributed by atoms with Gasteiger partial charge in [0, 0.05) is 45.3 Å². The van der Waals surface area contributed by atoms with Crippen LogP contribution in [0.25, 0.3) is 0 Å². The Bertz CT molecular complexity index is 663. The smallest absolute Gasteiger partial charge is 0.220 e. The van der Waals surface area contributed by atoms with Gasteiger partial charge >= 0.3 is 0 Å². The Labute approximate surface area is 173 Å². The van der Waals surface area contributed by atoms with Crippen LogP contribution in [0, 0.1) is 5.41 Å². The van der Waals surface area contributed by atoms with Crippen molar-refractivity contribution in [2.45, 2.75) is 33.4 Å². The number of aromatic nitrogens is 1. The number of guanidine groups is 1. The fourth-order valence-corrected chi connectivity index (χ4v) is 3.93. The molecular weight excluding hydrogens is 469 g/mol. The Morgan fingerprint density at radius 2 is 1.96 bits per heavy atom. The summed E-state index contributed by atoms with van der Waals surface area (Å²) in [5.41, 5.74) is 0.547. The molecule has 0 aliphatic carbocycles. The monoisotopic (exact) mass is 499 g/mol. The first-order valence-corrected chi connectivity index (χ1v) is 10.2. The maximum absolute atomic E-state index is 12.5. The van der Waals surface area contributed by atoms with Crippen molar-refractivity contribution in [3.05, 3.63) is 18.0 Å². The zero-order valence-electron chi connectivity index (χ0n) is 15.9. The lowest BCUT2D eigenvalue weighted by molar-refractivity contribution is 0.259. The van der Waals surface area contributed by atoms with Crippen LogP contribution >= 0.6 is 24.0 Å². The van der Waals surface area contributed by atoms with Gasteiger partial charge in [0.2, 0.25) is 10.0 Å². The van der Waals surface area contributed by atoms with Crippen LogP contribution in [0.1, 0.15) is 33.4 Å². The number of aliphatic imine (C=N–C) groups is 1. The third-order valence-corrected chi connectivity index (χ3v) is 5.60. The summed E-state index contributed by atoms with van der Waals surface area (Å²) in [5, 5.41) is 6.99. The van der Waals surface area contributed by atoms with E-state index >= 15 is 0 Å². The topological polar surface area (TPSA) is 91.0 Å². The summed E-state index contributed by atoms with van der Waals surface area (Å²) >= 11 is 0. The van der Waals surface area contributed by atoms with Crippen molar-refractivity contribution in [3.8, 4) is 0 Å². The van der Waals surface area contributed by atoms with Crippen LogP contribution in [0.15, 0.2) is 21.8 Å². The zero-order chi connectivity index (χ0) is 18.5. The van der Waals surface area contributed by atoms with Gasteiger partial charge in [0.15, 0.2) is 5.96 Å². The summed E-state index contributed by atoms with van der Waals surface area (Å²) in [7, 11) is -3.38. The molecule has 1 saturated heterocycles. The van der Waals surface area contributed by atoms with E-state index in [1.165, 1.54) is 10.6 Å². The SMILES string of the molecule is CCNC(=NCC(C)(C)C)N1CCN(S(=O)(=O)Cc2ccon2)CC1.I. The van der Waals surface area contributed by atoms with Crippen LogP contribution < -0.4 is 5.32 Å². The van der Waals surface area contributed by atoms with Crippen LogP contribution in [-0.2, 0) is 15.8 Å². The Morgan fingerprint density at radius 3 is 2.46 bits per heavy atom. The minimum absolute atomic E-state index is 0. The molecule has 0 atom stereocenters. The molecule has 8 nitrogen and oxygen atoms in total. The van der Waals surface area contributed by atoms with Crippen molar-refractivity contribution < 1.29 is 12.9 Å². The van der Waals surface area contributed by atoms with Crippen LogP contribution in [0.2, 0.25) is 0 Å². The molecule has 10 heteroatoms. The largest absolute Gasteiger partial charge is 0.364 e. The third kappa shape index (κ3) is 7.03. The number of nitrogens with zero attached hydrogens (tertiary/aromatic N) is 4. The average molecular weight is 499 g/mol. The number of halogens is 1. The first-order valence-electron chi connectivity index (χ1n) is 8.61. The molecule has 0 amide bonds. The minimum Gasteiger partial charge on any atom is -0.364 e. The lowest BCUT2D eigenvalue weighted by Crippen LogP contribution is -2.54. The van der Waals surface area contributed by atoms with Gasteiger partial charge in [-0.25, -0.2) is 8.42 Å². The molecule has 0 aromatic carbocycles. The van der Waals surface area contributed by atoms with E-state index in [1.54, 1.807) is 6.07 Å². The van der Waals surface area contributed by atoms with Gasteiger partial charge < -0.3 is 14.7 Å². The fraction of sp³-hybridized carbons (Fsp3) is 0.750. The highest BCUT2D eigenvalue weighted by Crippen LogP contribution is 2.15. The second-order valence-corrected chi connectivity index (χ2v) is 9.33. The normalized spacial score (nSPS) is 17.1. The summed E-state index contributed by atoms with van der Waals surface area (Å²) < 4.78 is 31.2. The van der Waals surface area contributed by atoms with E-state index in [-0.39, 0.29) is 35.1 Å². The number of rotatable bonds is 5. The van der Waals surface area contributed by atoms with Gasteiger partial charge in [-0.1, -0.05) is 25.9 Å². The molecule has 150 valence electrons. The van der Waals surface area contributed by atoms with Crippen molar-refractivity contribution in [3.63, 3.8) is 0 Å². The molecule has 2 heterocycles. The van der Waals surface area contributed by atoms with Gasteiger partial charge in [-0.15, -0.1) is 24.0 Å². The quantitative estimate of drug-likeness (QED) is 0.377. The first-order chi connectivity index (χ1) is 11.7. The zero-order valence-corrected chi connectivity index (χ0v) is 19.1. The second-order valence-electron chi connectivity index (χ2n) is 7.36. The number of nitrogens with one attached hydrogen (secondary N) is 1. The summed E-state index contributed by atoms with van der Waals surface area (Å²) in [5.74, 6) is 0.729. The van der Waals surface area contributed by atoms with Crippen molar-refractivity contribution in [1.29, 1.82) is 0 Å². The highest BCUT2D eigenvalue weighted by molar-refractivity contribution is 14.0. The van der Waals surface area contributed by atoms with Gasteiger partial charge in [-0.05, 0) is 12.3 Å². The number of hydrogen-bond acceptors (Lipinski definition) is 5. The van der Waals surface area contributed by atoms with Gasteiger partial charge in [-0.2, -0.15) is 4.31 Å². The van der Waals surface area contributed by atoms with Gasteiger partial charge in [0.05, 0.1) is 5.69 Å². The fourth-order valence-electron chi connectivity index (χ4n) is 2.51. The molecule has 1 aliphatic heterocycles. The Morgan fingerprint density at radius 1 is 1.31 bits per heavy atom. The van der Waals surface area contributed by atoms with Gasteiger partial charge in [-0.3, -0.25) is 4.99 Å². The highest BCUT2D eigenvalue weighted by Gasteiger charge is 2.29. The summed E-state index contributed by atoms with van der Waals surface area (Å²) in [6.45, 7) is 12.1. The van der Waals surface area contributed by atoms with E-state index < -0.39 is 10.0 Å². The molecule has 0 radical (unpaired) electrons. The number of piperazine rings is 1. The maximum atomic E-state index is 12.5.